The van der Waals surface area contributed by atoms with E-state index in [1.165, 1.54) is 0 Å². The Morgan fingerprint density at radius 2 is 1.83 bits per heavy atom. The van der Waals surface area contributed by atoms with Crippen LogP contribution >= 0.6 is 11.6 Å². The topological polar surface area (TPSA) is 23.5 Å². The van der Waals surface area contributed by atoms with E-state index in [2.05, 4.69) is 24.0 Å². The molecule has 0 saturated heterocycles. The molecule has 0 bridgehead atoms. The molecule has 0 saturated carbocycles. The van der Waals surface area contributed by atoms with Crippen molar-refractivity contribution in [2.24, 2.45) is 0 Å². The molecule has 2 aromatic carbocycles. The average Bonchev–Trinajstić information content (AvgIpc) is 2.42. The third-order valence-electron chi connectivity index (χ3n) is 2.87. The van der Waals surface area contributed by atoms with Gasteiger partial charge in [-0.3, -0.25) is 0 Å². The van der Waals surface area contributed by atoms with Crippen molar-refractivity contribution in [2.45, 2.75) is 13.5 Å². The second-order valence-corrected chi connectivity index (χ2v) is 4.43. The van der Waals surface area contributed by atoms with E-state index >= 15 is 0 Å². The summed E-state index contributed by atoms with van der Waals surface area (Å²) in [7, 11) is 0. The Balaban J connectivity index is 2.39. The minimum Gasteiger partial charge on any atom is -0.392 e. The molecule has 2 aromatic rings. The number of aliphatic hydroxyl groups excluding tert-OH is 1. The quantitative estimate of drug-likeness (QED) is 0.900. The van der Waals surface area contributed by atoms with Gasteiger partial charge >= 0.3 is 0 Å². The number of para-hydroxylation sites is 1. The monoisotopic (exact) mass is 261 g/mol. The van der Waals surface area contributed by atoms with Crippen molar-refractivity contribution in [3.63, 3.8) is 0 Å². The largest absolute Gasteiger partial charge is 0.392 e. The number of anilines is 2. The lowest BCUT2D eigenvalue weighted by Crippen LogP contribution is -2.16. The van der Waals surface area contributed by atoms with Gasteiger partial charge in [0.1, 0.15) is 0 Å². The Morgan fingerprint density at radius 1 is 1.11 bits per heavy atom. The van der Waals surface area contributed by atoms with Gasteiger partial charge in [-0.1, -0.05) is 35.9 Å². The van der Waals surface area contributed by atoms with E-state index < -0.39 is 0 Å². The van der Waals surface area contributed by atoms with Crippen molar-refractivity contribution in [3.8, 4) is 0 Å². The summed E-state index contributed by atoms with van der Waals surface area (Å²) in [6.45, 7) is 2.93. The highest BCUT2D eigenvalue weighted by Crippen LogP contribution is 2.32. The molecule has 0 amide bonds. The lowest BCUT2D eigenvalue weighted by atomic mass is 10.2. The summed E-state index contributed by atoms with van der Waals surface area (Å²) in [6.07, 6.45) is 0. The normalized spacial score (nSPS) is 10.4. The molecule has 0 spiro atoms. The molecular weight excluding hydrogens is 246 g/mol. The fourth-order valence-electron chi connectivity index (χ4n) is 1.97. The van der Waals surface area contributed by atoms with Crippen LogP contribution in [0.5, 0.6) is 0 Å². The number of nitrogens with zero attached hydrogens (tertiary/aromatic N) is 1. The zero-order chi connectivity index (χ0) is 13.0. The minimum absolute atomic E-state index is 0.0114. The fourth-order valence-corrected chi connectivity index (χ4v) is 2.27. The lowest BCUT2D eigenvalue weighted by Gasteiger charge is -2.24. The number of benzene rings is 2. The maximum absolute atomic E-state index is 9.09. The summed E-state index contributed by atoms with van der Waals surface area (Å²) in [6, 6.07) is 15.8. The molecule has 0 aromatic heterocycles. The molecule has 2 rings (SSSR count). The third kappa shape index (κ3) is 2.66. The predicted molar refractivity (Wildman–Crippen MR) is 76.5 cm³/mol. The van der Waals surface area contributed by atoms with E-state index in [0.29, 0.717) is 5.02 Å². The van der Waals surface area contributed by atoms with Crippen LogP contribution in [0.2, 0.25) is 5.02 Å². The Kier molecular flexibility index (Phi) is 4.24. The Hall–Kier alpha value is -1.51. The highest BCUT2D eigenvalue weighted by Gasteiger charge is 2.10. The molecule has 0 aliphatic carbocycles. The van der Waals surface area contributed by atoms with Crippen molar-refractivity contribution in [1.82, 2.24) is 0 Å². The summed E-state index contributed by atoms with van der Waals surface area (Å²) in [4.78, 5) is 2.14. The second-order valence-electron chi connectivity index (χ2n) is 4.02. The molecular formula is C15H16ClNO. The molecule has 2 nitrogen and oxygen atoms in total. The smallest absolute Gasteiger partial charge is 0.0682 e. The van der Waals surface area contributed by atoms with E-state index in [1.807, 2.05) is 36.4 Å². The first-order valence-electron chi connectivity index (χ1n) is 5.98. The zero-order valence-electron chi connectivity index (χ0n) is 10.3. The van der Waals surface area contributed by atoms with Gasteiger partial charge in [0.15, 0.2) is 0 Å². The van der Waals surface area contributed by atoms with Gasteiger partial charge in [0.05, 0.1) is 17.3 Å². The van der Waals surface area contributed by atoms with Crippen LogP contribution < -0.4 is 4.90 Å². The first kappa shape index (κ1) is 12.9. The number of rotatable bonds is 4. The summed E-state index contributed by atoms with van der Waals surface area (Å²) in [5.41, 5.74) is 2.90. The molecule has 0 fully saturated rings. The van der Waals surface area contributed by atoms with Gasteiger partial charge in [-0.15, -0.1) is 0 Å². The summed E-state index contributed by atoms with van der Waals surface area (Å²) < 4.78 is 0. The number of aliphatic hydroxyl groups is 1. The molecule has 1 N–H and O–H groups in total. The molecule has 0 radical (unpaired) electrons. The number of hydrogen-bond acceptors (Lipinski definition) is 2. The summed E-state index contributed by atoms with van der Waals surface area (Å²) >= 11 is 6.28. The molecule has 3 heteroatoms. The maximum atomic E-state index is 9.09. The zero-order valence-corrected chi connectivity index (χ0v) is 11.1. The highest BCUT2D eigenvalue weighted by atomic mass is 35.5. The van der Waals surface area contributed by atoms with Gasteiger partial charge in [0.25, 0.3) is 0 Å². The van der Waals surface area contributed by atoms with Crippen molar-refractivity contribution >= 4 is 23.0 Å². The van der Waals surface area contributed by atoms with Crippen LogP contribution in [0.1, 0.15) is 12.5 Å². The van der Waals surface area contributed by atoms with Crippen LogP contribution in [-0.4, -0.2) is 11.7 Å². The predicted octanol–water partition coefficient (Wildman–Crippen LogP) is 3.99. The van der Waals surface area contributed by atoms with Crippen LogP contribution in [0.25, 0.3) is 0 Å². The van der Waals surface area contributed by atoms with Gasteiger partial charge < -0.3 is 10.0 Å². The summed E-state index contributed by atoms with van der Waals surface area (Å²) in [5, 5.41) is 9.75. The van der Waals surface area contributed by atoms with E-state index in [4.69, 9.17) is 16.7 Å². The van der Waals surface area contributed by atoms with E-state index in [1.54, 1.807) is 0 Å². The fraction of sp³-hybridized carbons (Fsp3) is 0.200. The van der Waals surface area contributed by atoms with Crippen LogP contribution in [0.3, 0.4) is 0 Å². The molecule has 94 valence electrons. The maximum Gasteiger partial charge on any atom is 0.0682 e. The lowest BCUT2D eigenvalue weighted by molar-refractivity contribution is 0.282. The van der Waals surface area contributed by atoms with Crippen molar-refractivity contribution in [1.29, 1.82) is 0 Å². The van der Waals surface area contributed by atoms with Gasteiger partial charge in [0, 0.05) is 12.2 Å². The molecule has 0 aliphatic heterocycles. The molecule has 0 unspecified atom stereocenters. The van der Waals surface area contributed by atoms with Crippen molar-refractivity contribution < 1.29 is 5.11 Å². The SMILES string of the molecule is CCN(c1ccccc1)c1ccc(CO)cc1Cl. The van der Waals surface area contributed by atoms with Crippen LogP contribution in [0.15, 0.2) is 48.5 Å². The minimum atomic E-state index is 0.0114. The number of halogens is 1. The van der Waals surface area contributed by atoms with Gasteiger partial charge in [-0.05, 0) is 36.8 Å². The van der Waals surface area contributed by atoms with Crippen LogP contribution in [-0.2, 0) is 6.61 Å². The van der Waals surface area contributed by atoms with Gasteiger partial charge in [-0.25, -0.2) is 0 Å². The summed E-state index contributed by atoms with van der Waals surface area (Å²) in [5.74, 6) is 0. The average molecular weight is 262 g/mol. The Bertz CT molecular complexity index is 513. The van der Waals surface area contributed by atoms with E-state index in [-0.39, 0.29) is 6.61 Å². The van der Waals surface area contributed by atoms with E-state index in [0.717, 1.165) is 23.5 Å². The molecule has 0 aliphatic rings. The Labute approximate surface area is 112 Å². The number of hydrogen-bond donors (Lipinski definition) is 1. The van der Waals surface area contributed by atoms with Crippen LogP contribution in [0, 0.1) is 0 Å². The Morgan fingerprint density at radius 3 is 2.39 bits per heavy atom. The van der Waals surface area contributed by atoms with Gasteiger partial charge in [-0.2, -0.15) is 0 Å². The van der Waals surface area contributed by atoms with E-state index in [9.17, 15) is 0 Å². The highest BCUT2D eigenvalue weighted by molar-refractivity contribution is 6.33. The molecule has 0 atom stereocenters. The standard InChI is InChI=1S/C15H16ClNO/c1-2-17(13-6-4-3-5-7-13)15-9-8-12(11-18)10-14(15)16/h3-10,18H,2,11H2,1H3. The molecule has 18 heavy (non-hydrogen) atoms. The first-order chi connectivity index (χ1) is 8.76. The molecule has 0 heterocycles. The van der Waals surface area contributed by atoms with Crippen LogP contribution in [0.4, 0.5) is 11.4 Å². The third-order valence-corrected chi connectivity index (χ3v) is 3.17. The van der Waals surface area contributed by atoms with Gasteiger partial charge in [0.2, 0.25) is 0 Å². The first-order valence-corrected chi connectivity index (χ1v) is 6.36. The second kappa shape index (κ2) is 5.89. The van der Waals surface area contributed by atoms with Crippen molar-refractivity contribution in [3.05, 3.63) is 59.1 Å². The van der Waals surface area contributed by atoms with Crippen molar-refractivity contribution in [2.75, 3.05) is 11.4 Å².